The van der Waals surface area contributed by atoms with Crippen LogP contribution in [0.15, 0.2) is 24.3 Å². The first-order chi connectivity index (χ1) is 29.1. The summed E-state index contributed by atoms with van der Waals surface area (Å²) >= 11 is 0. The van der Waals surface area contributed by atoms with Gasteiger partial charge in [-0.05, 0) is 64.2 Å². The first-order valence-electron chi connectivity index (χ1n) is 24.4. The molecule has 0 radical (unpaired) electrons. The van der Waals surface area contributed by atoms with Crippen LogP contribution in [0.5, 0.6) is 0 Å². The minimum atomic E-state index is -4.72. The van der Waals surface area contributed by atoms with E-state index >= 15 is 0 Å². The lowest BCUT2D eigenvalue weighted by molar-refractivity contribution is -0.161. The minimum absolute atomic E-state index is 0.158. The molecule has 0 amide bonds. The van der Waals surface area contributed by atoms with Gasteiger partial charge in [0.1, 0.15) is 12.6 Å². The van der Waals surface area contributed by atoms with Gasteiger partial charge in [-0.3, -0.25) is 23.4 Å². The van der Waals surface area contributed by atoms with Gasteiger partial charge < -0.3 is 25.2 Å². The zero-order chi connectivity index (χ0) is 44.2. The quantitative estimate of drug-likeness (QED) is 0.0230. The van der Waals surface area contributed by atoms with Crippen molar-refractivity contribution in [3.05, 3.63) is 24.3 Å². The number of esters is 2. The fourth-order valence-corrected chi connectivity index (χ4v) is 7.60. The Morgan fingerprint density at radius 3 is 1.23 bits per heavy atom. The molecule has 60 heavy (non-hydrogen) atoms. The molecule has 0 bridgehead atoms. The Morgan fingerprint density at radius 2 is 0.833 bits per heavy atom. The predicted molar refractivity (Wildman–Crippen MR) is 245 cm³/mol. The second-order valence-corrected chi connectivity index (χ2v) is 18.0. The van der Waals surface area contributed by atoms with Gasteiger partial charge in [0, 0.05) is 12.8 Å². The van der Waals surface area contributed by atoms with E-state index in [1.54, 1.807) is 0 Å². The molecule has 12 heteroatoms. The van der Waals surface area contributed by atoms with Crippen LogP contribution in [-0.4, -0.2) is 59.9 Å². The molecule has 352 valence electrons. The van der Waals surface area contributed by atoms with Crippen LogP contribution in [0.2, 0.25) is 0 Å². The number of hydrogen-bond acceptors (Lipinski definition) is 9. The summed E-state index contributed by atoms with van der Waals surface area (Å²) in [6.45, 7) is 2.81. The molecule has 0 spiro atoms. The Hall–Kier alpha value is -2.04. The molecule has 3 atom stereocenters. The lowest BCUT2D eigenvalue weighted by Gasteiger charge is -2.20. The second kappa shape index (κ2) is 43.6. The van der Waals surface area contributed by atoms with Crippen molar-refractivity contribution >= 4 is 25.7 Å². The molecular weight excluding hydrogens is 781 g/mol. The standard InChI is InChI=1S/C48H90NO10P/c1-3-5-7-9-11-13-15-17-19-20-21-22-23-24-26-27-29-31-33-35-37-39-46(50)56-41-44(42-57-60(54,55)58-43-45(49)48(52)53)59-47(51)40-38-36-34-32-30-28-25-18-16-14-12-10-8-6-4-2/h14,16-17,19,44-45H,3-13,15,18,20-43,49H2,1-2H3,(H,52,53)(H,54,55)/b16-14-,19-17-/t44-,45+/m1/s1. The summed E-state index contributed by atoms with van der Waals surface area (Å²) < 4.78 is 32.8. The number of allylic oxidation sites excluding steroid dienone is 4. The number of unbranched alkanes of at least 4 members (excludes halogenated alkanes) is 28. The molecule has 0 aliphatic rings. The van der Waals surface area contributed by atoms with E-state index in [-0.39, 0.29) is 19.4 Å². The number of nitrogens with two attached hydrogens (primary N) is 1. The minimum Gasteiger partial charge on any atom is -0.480 e. The maximum Gasteiger partial charge on any atom is 0.472 e. The Bertz CT molecular complexity index is 1120. The van der Waals surface area contributed by atoms with Gasteiger partial charge in [0.2, 0.25) is 0 Å². The van der Waals surface area contributed by atoms with Crippen molar-refractivity contribution in [1.82, 2.24) is 0 Å². The zero-order valence-corrected chi connectivity index (χ0v) is 39.2. The normalized spacial score (nSPS) is 13.8. The van der Waals surface area contributed by atoms with Gasteiger partial charge in [-0.25, -0.2) is 4.57 Å². The van der Waals surface area contributed by atoms with E-state index in [4.69, 9.17) is 24.8 Å². The molecule has 4 N–H and O–H groups in total. The summed E-state index contributed by atoms with van der Waals surface area (Å²) in [5.41, 5.74) is 5.34. The third-order valence-corrected chi connectivity index (χ3v) is 11.6. The van der Waals surface area contributed by atoms with Gasteiger partial charge in [-0.2, -0.15) is 0 Å². The highest BCUT2D eigenvalue weighted by atomic mass is 31.2. The van der Waals surface area contributed by atoms with Crippen molar-refractivity contribution < 1.29 is 47.5 Å². The number of hydrogen-bond donors (Lipinski definition) is 3. The third kappa shape index (κ3) is 42.6. The molecule has 0 aliphatic heterocycles. The Morgan fingerprint density at radius 1 is 0.500 bits per heavy atom. The number of aliphatic carboxylic acids is 1. The number of phosphoric acid groups is 1. The molecule has 1 unspecified atom stereocenters. The lowest BCUT2D eigenvalue weighted by atomic mass is 10.0. The molecule has 0 saturated heterocycles. The number of carbonyl (C=O) groups is 3. The molecular formula is C48H90NO10P. The predicted octanol–water partition coefficient (Wildman–Crippen LogP) is 13.4. The van der Waals surface area contributed by atoms with E-state index < -0.39 is 51.1 Å². The number of carboxylic acids is 1. The fraction of sp³-hybridized carbons (Fsp3) is 0.854. The average Bonchev–Trinajstić information content (AvgIpc) is 3.22. The van der Waals surface area contributed by atoms with Crippen LogP contribution < -0.4 is 5.73 Å². The van der Waals surface area contributed by atoms with Crippen molar-refractivity contribution in [2.75, 3.05) is 19.8 Å². The Kier molecular flexibility index (Phi) is 42.1. The maximum absolute atomic E-state index is 12.6. The highest BCUT2D eigenvalue weighted by Gasteiger charge is 2.28. The van der Waals surface area contributed by atoms with Gasteiger partial charge >= 0.3 is 25.7 Å². The van der Waals surface area contributed by atoms with E-state index in [0.29, 0.717) is 12.8 Å². The van der Waals surface area contributed by atoms with Crippen molar-refractivity contribution in [2.24, 2.45) is 5.73 Å². The summed E-state index contributed by atoms with van der Waals surface area (Å²) in [5, 5.41) is 8.91. The summed E-state index contributed by atoms with van der Waals surface area (Å²) in [6, 6.07) is -1.52. The Balaban J connectivity index is 4.24. The smallest absolute Gasteiger partial charge is 0.472 e. The van der Waals surface area contributed by atoms with Crippen molar-refractivity contribution in [3.63, 3.8) is 0 Å². The van der Waals surface area contributed by atoms with E-state index in [9.17, 15) is 23.8 Å². The molecule has 0 heterocycles. The van der Waals surface area contributed by atoms with Crippen LogP contribution in [0.1, 0.15) is 232 Å². The van der Waals surface area contributed by atoms with E-state index in [1.807, 2.05) is 0 Å². The number of carboxylic acid groups (broad SMARTS) is 1. The number of rotatable bonds is 46. The van der Waals surface area contributed by atoms with Gasteiger partial charge in [-0.1, -0.05) is 179 Å². The van der Waals surface area contributed by atoms with Crippen LogP contribution in [0.25, 0.3) is 0 Å². The van der Waals surface area contributed by atoms with Crippen LogP contribution in [0.4, 0.5) is 0 Å². The second-order valence-electron chi connectivity index (χ2n) is 16.6. The molecule has 0 fully saturated rings. The summed E-state index contributed by atoms with van der Waals surface area (Å²) in [5.74, 6) is -2.37. The molecule has 11 nitrogen and oxygen atoms in total. The van der Waals surface area contributed by atoms with Crippen LogP contribution in [0.3, 0.4) is 0 Å². The largest absolute Gasteiger partial charge is 0.480 e. The molecule has 0 aromatic carbocycles. The number of ether oxygens (including phenoxy) is 2. The van der Waals surface area contributed by atoms with Crippen molar-refractivity contribution in [3.8, 4) is 0 Å². The van der Waals surface area contributed by atoms with E-state index in [0.717, 1.165) is 44.9 Å². The topological polar surface area (TPSA) is 172 Å². The number of carbonyl (C=O) groups excluding carboxylic acids is 2. The van der Waals surface area contributed by atoms with Crippen molar-refractivity contribution in [1.29, 1.82) is 0 Å². The van der Waals surface area contributed by atoms with Crippen LogP contribution in [0, 0.1) is 0 Å². The fourth-order valence-electron chi connectivity index (χ4n) is 6.82. The SMILES string of the molecule is CCCCCC/C=C\CCCCCCCCCC(=O)O[C@H](COC(=O)CCCCCCCCCCCCC/C=C\CCCCCCCC)COP(=O)(O)OC[C@H](N)C(=O)O. The first kappa shape index (κ1) is 58.0. The van der Waals surface area contributed by atoms with Crippen LogP contribution in [-0.2, 0) is 37.5 Å². The molecule has 0 aliphatic carbocycles. The molecule has 0 aromatic heterocycles. The summed E-state index contributed by atoms with van der Waals surface area (Å²) in [7, 11) is -4.72. The average molecular weight is 872 g/mol. The maximum atomic E-state index is 12.6. The Labute approximate surface area is 366 Å². The highest BCUT2D eigenvalue weighted by Crippen LogP contribution is 2.43. The van der Waals surface area contributed by atoms with Crippen molar-refractivity contribution in [2.45, 2.75) is 244 Å². The lowest BCUT2D eigenvalue weighted by Crippen LogP contribution is -2.34. The van der Waals surface area contributed by atoms with Gasteiger partial charge in [0.05, 0.1) is 13.2 Å². The van der Waals surface area contributed by atoms with Crippen LogP contribution >= 0.6 is 7.82 Å². The monoisotopic (exact) mass is 872 g/mol. The van der Waals surface area contributed by atoms with Gasteiger partial charge in [-0.15, -0.1) is 0 Å². The summed E-state index contributed by atoms with van der Waals surface area (Å²) in [4.78, 5) is 46.1. The molecule has 0 aromatic rings. The van der Waals surface area contributed by atoms with E-state index in [1.165, 1.54) is 148 Å². The van der Waals surface area contributed by atoms with Gasteiger partial charge in [0.15, 0.2) is 6.10 Å². The number of phosphoric ester groups is 1. The summed E-state index contributed by atoms with van der Waals surface area (Å²) in [6.07, 6.45) is 46.7. The zero-order valence-electron chi connectivity index (χ0n) is 38.3. The highest BCUT2D eigenvalue weighted by molar-refractivity contribution is 7.47. The molecule has 0 saturated carbocycles. The molecule has 0 rings (SSSR count). The van der Waals surface area contributed by atoms with E-state index in [2.05, 4.69) is 42.7 Å². The third-order valence-electron chi connectivity index (χ3n) is 10.7. The first-order valence-corrected chi connectivity index (χ1v) is 25.9. The van der Waals surface area contributed by atoms with Gasteiger partial charge in [0.25, 0.3) is 0 Å².